The van der Waals surface area contributed by atoms with Gasteiger partial charge in [0.1, 0.15) is 5.60 Å². The van der Waals surface area contributed by atoms with Crippen LogP contribution in [0.3, 0.4) is 0 Å². The number of amides is 2. The number of likely N-dealkylation sites (N-methyl/N-ethyl adjacent to an activating group) is 1. The number of benzene rings is 1. The summed E-state index contributed by atoms with van der Waals surface area (Å²) < 4.78 is 0. The highest BCUT2D eigenvalue weighted by atomic mass is 32.1. The average molecular weight is 347 g/mol. The molecule has 2 rings (SSSR count). The van der Waals surface area contributed by atoms with Gasteiger partial charge in [0, 0.05) is 11.4 Å². The topological polar surface area (TPSA) is 64.6 Å². The molecule has 0 radical (unpaired) electrons. The molecule has 0 aliphatic heterocycles. The average Bonchev–Trinajstić information content (AvgIpc) is 3.09. The van der Waals surface area contributed by atoms with Crippen LogP contribution in [0, 0.1) is 0 Å². The van der Waals surface area contributed by atoms with Gasteiger partial charge in [-0.2, -0.15) is 0 Å². The van der Waals surface area contributed by atoms with Crippen LogP contribution in [0.15, 0.2) is 47.8 Å². The Hall–Kier alpha value is -1.89. The number of nitrogens with one attached hydrogen (secondary N) is 2. The Labute approximate surface area is 147 Å². The van der Waals surface area contributed by atoms with Crippen LogP contribution < -0.4 is 10.6 Å². The Kier molecular flexibility index (Phi) is 6.36. The zero-order valence-electron chi connectivity index (χ0n) is 14.3. The highest BCUT2D eigenvalue weighted by molar-refractivity contribution is 7.10. The van der Waals surface area contributed by atoms with Gasteiger partial charge in [0.05, 0.1) is 12.6 Å². The van der Waals surface area contributed by atoms with Crippen LogP contribution in [0.1, 0.15) is 23.4 Å². The molecule has 3 N–H and O–H groups in total. The van der Waals surface area contributed by atoms with Crippen molar-refractivity contribution in [2.24, 2.45) is 0 Å². The van der Waals surface area contributed by atoms with E-state index in [-0.39, 0.29) is 18.6 Å². The van der Waals surface area contributed by atoms with Crippen LogP contribution in [-0.2, 0) is 5.60 Å². The summed E-state index contributed by atoms with van der Waals surface area (Å²) in [5.41, 5.74) is 0.0830. The van der Waals surface area contributed by atoms with Gasteiger partial charge in [-0.1, -0.05) is 36.4 Å². The lowest BCUT2D eigenvalue weighted by molar-refractivity contribution is 0.0630. The van der Waals surface area contributed by atoms with Crippen LogP contribution in [0.2, 0.25) is 0 Å². The molecule has 6 heteroatoms. The van der Waals surface area contributed by atoms with E-state index in [1.807, 2.05) is 61.9 Å². The van der Waals surface area contributed by atoms with E-state index in [1.165, 1.54) is 11.3 Å². The maximum atomic E-state index is 12.1. The van der Waals surface area contributed by atoms with E-state index in [4.69, 9.17) is 0 Å². The van der Waals surface area contributed by atoms with Gasteiger partial charge in [0.2, 0.25) is 0 Å². The minimum Gasteiger partial charge on any atom is -0.383 e. The van der Waals surface area contributed by atoms with E-state index in [0.29, 0.717) is 6.54 Å². The van der Waals surface area contributed by atoms with Crippen molar-refractivity contribution >= 4 is 17.4 Å². The van der Waals surface area contributed by atoms with Gasteiger partial charge in [-0.05, 0) is 38.0 Å². The van der Waals surface area contributed by atoms with Crippen molar-refractivity contribution < 1.29 is 9.90 Å². The standard InChI is InChI=1S/C18H25N3O2S/c1-18(23,16-10-7-11-24-16)13-20-17(22)19-12-15(21(2)3)14-8-5-4-6-9-14/h4-11,15,23H,12-13H2,1-3H3,(H2,19,20,22). The van der Waals surface area contributed by atoms with Crippen molar-refractivity contribution in [1.82, 2.24) is 15.5 Å². The summed E-state index contributed by atoms with van der Waals surface area (Å²) in [6.45, 7) is 2.35. The quantitative estimate of drug-likeness (QED) is 0.721. The van der Waals surface area contributed by atoms with Crippen molar-refractivity contribution in [3.63, 3.8) is 0 Å². The lowest BCUT2D eigenvalue weighted by Crippen LogP contribution is -2.45. The molecule has 0 aliphatic rings. The maximum absolute atomic E-state index is 12.1. The SMILES string of the molecule is CN(C)C(CNC(=O)NCC(C)(O)c1cccs1)c1ccccc1. The maximum Gasteiger partial charge on any atom is 0.314 e. The van der Waals surface area contributed by atoms with Gasteiger partial charge in [-0.3, -0.25) is 0 Å². The van der Waals surface area contributed by atoms with Crippen molar-refractivity contribution in [1.29, 1.82) is 0 Å². The largest absolute Gasteiger partial charge is 0.383 e. The summed E-state index contributed by atoms with van der Waals surface area (Å²) >= 11 is 1.47. The first-order valence-corrected chi connectivity index (χ1v) is 8.77. The molecule has 24 heavy (non-hydrogen) atoms. The van der Waals surface area contributed by atoms with Crippen LogP contribution in [0.25, 0.3) is 0 Å². The summed E-state index contributed by atoms with van der Waals surface area (Å²) in [6, 6.07) is 13.6. The number of hydrogen-bond acceptors (Lipinski definition) is 4. The van der Waals surface area contributed by atoms with Crippen LogP contribution in [-0.4, -0.2) is 43.2 Å². The number of hydrogen-bond donors (Lipinski definition) is 3. The molecule has 1 heterocycles. The molecule has 1 aromatic carbocycles. The Balaban J connectivity index is 1.86. The second-order valence-electron chi connectivity index (χ2n) is 6.20. The number of aliphatic hydroxyl groups is 1. The van der Waals surface area contributed by atoms with E-state index >= 15 is 0 Å². The van der Waals surface area contributed by atoms with E-state index in [0.717, 1.165) is 10.4 Å². The fraction of sp³-hybridized carbons (Fsp3) is 0.389. The molecule has 130 valence electrons. The minimum absolute atomic E-state index is 0.0924. The second kappa shape index (κ2) is 8.28. The molecule has 2 atom stereocenters. The Morgan fingerprint density at radius 1 is 1.21 bits per heavy atom. The molecule has 1 aromatic heterocycles. The van der Waals surface area contributed by atoms with Crippen molar-refractivity contribution in [2.75, 3.05) is 27.2 Å². The van der Waals surface area contributed by atoms with Crippen molar-refractivity contribution in [2.45, 2.75) is 18.6 Å². The summed E-state index contributed by atoms with van der Waals surface area (Å²) in [4.78, 5) is 15.0. The van der Waals surface area contributed by atoms with Gasteiger partial charge in [0.25, 0.3) is 0 Å². The molecule has 2 aromatic rings. The van der Waals surface area contributed by atoms with E-state index in [9.17, 15) is 9.90 Å². The number of urea groups is 1. The number of thiophene rings is 1. The molecule has 2 unspecified atom stereocenters. The second-order valence-corrected chi connectivity index (χ2v) is 7.15. The third-order valence-electron chi connectivity index (χ3n) is 3.91. The number of nitrogens with zero attached hydrogens (tertiary/aromatic N) is 1. The fourth-order valence-electron chi connectivity index (χ4n) is 2.45. The first kappa shape index (κ1) is 18.4. The molecule has 0 spiro atoms. The van der Waals surface area contributed by atoms with Gasteiger partial charge in [0.15, 0.2) is 0 Å². The van der Waals surface area contributed by atoms with Crippen LogP contribution in [0.5, 0.6) is 0 Å². The molecule has 0 saturated heterocycles. The minimum atomic E-state index is -1.06. The fourth-order valence-corrected chi connectivity index (χ4v) is 3.24. The molecular weight excluding hydrogens is 322 g/mol. The lowest BCUT2D eigenvalue weighted by atomic mass is 10.1. The van der Waals surface area contributed by atoms with E-state index in [1.54, 1.807) is 6.92 Å². The van der Waals surface area contributed by atoms with Gasteiger partial charge < -0.3 is 20.6 Å². The van der Waals surface area contributed by atoms with Crippen LogP contribution in [0.4, 0.5) is 4.79 Å². The summed E-state index contributed by atoms with van der Waals surface area (Å²) in [7, 11) is 3.97. The normalized spacial score (nSPS) is 14.9. The predicted octanol–water partition coefficient (Wildman–Crippen LogP) is 2.56. The van der Waals surface area contributed by atoms with Crippen molar-refractivity contribution in [3.8, 4) is 0 Å². The lowest BCUT2D eigenvalue weighted by Gasteiger charge is -2.26. The Bertz CT molecular complexity index is 627. The van der Waals surface area contributed by atoms with Gasteiger partial charge in [-0.25, -0.2) is 4.79 Å². The summed E-state index contributed by atoms with van der Waals surface area (Å²) in [5, 5.41) is 18.0. The number of carbonyl (C=O) groups excluding carboxylic acids is 1. The number of rotatable bonds is 7. The molecule has 2 amide bonds. The molecule has 0 fully saturated rings. The zero-order chi connectivity index (χ0) is 17.6. The van der Waals surface area contributed by atoms with E-state index < -0.39 is 5.60 Å². The smallest absolute Gasteiger partial charge is 0.314 e. The van der Waals surface area contributed by atoms with Gasteiger partial charge >= 0.3 is 6.03 Å². The zero-order valence-corrected chi connectivity index (χ0v) is 15.1. The molecular formula is C18H25N3O2S. The Morgan fingerprint density at radius 3 is 2.50 bits per heavy atom. The summed E-state index contributed by atoms with van der Waals surface area (Å²) in [6.07, 6.45) is 0. The number of carbonyl (C=O) groups is 1. The first-order chi connectivity index (χ1) is 11.4. The third-order valence-corrected chi connectivity index (χ3v) is 5.03. The highest BCUT2D eigenvalue weighted by Gasteiger charge is 2.25. The molecule has 5 nitrogen and oxygen atoms in total. The highest BCUT2D eigenvalue weighted by Crippen LogP contribution is 2.24. The molecule has 0 saturated carbocycles. The summed E-state index contributed by atoms with van der Waals surface area (Å²) in [5.74, 6) is 0. The van der Waals surface area contributed by atoms with Crippen LogP contribution >= 0.6 is 11.3 Å². The monoisotopic (exact) mass is 347 g/mol. The van der Waals surface area contributed by atoms with E-state index in [2.05, 4.69) is 15.5 Å². The first-order valence-electron chi connectivity index (χ1n) is 7.89. The predicted molar refractivity (Wildman–Crippen MR) is 98.2 cm³/mol. The van der Waals surface area contributed by atoms with Crippen molar-refractivity contribution in [3.05, 3.63) is 58.3 Å². The third kappa shape index (κ3) is 5.06. The Morgan fingerprint density at radius 2 is 1.92 bits per heavy atom. The molecule has 0 bridgehead atoms. The molecule has 0 aliphatic carbocycles. The van der Waals surface area contributed by atoms with Gasteiger partial charge in [-0.15, -0.1) is 11.3 Å².